The molecule has 1 aliphatic rings. The molecule has 0 fully saturated rings. The van der Waals surface area contributed by atoms with Gasteiger partial charge in [0, 0.05) is 6.42 Å². The number of carbonyl (C=O) groups is 2. The molecule has 1 aromatic rings. The lowest BCUT2D eigenvalue weighted by molar-refractivity contribution is -0.130. The molecule has 0 aliphatic heterocycles. The summed E-state index contributed by atoms with van der Waals surface area (Å²) >= 11 is 0. The summed E-state index contributed by atoms with van der Waals surface area (Å²) in [4.78, 5) is 23.3. The number of hydrazine groups is 1. The van der Waals surface area contributed by atoms with E-state index < -0.39 is 0 Å². The van der Waals surface area contributed by atoms with Crippen molar-refractivity contribution in [3.05, 3.63) is 41.5 Å². The molecule has 2 N–H and O–H groups in total. The first-order chi connectivity index (χ1) is 10.5. The van der Waals surface area contributed by atoms with Crippen molar-refractivity contribution in [3.63, 3.8) is 0 Å². The highest BCUT2D eigenvalue weighted by molar-refractivity contribution is 5.82. The number of carbonyl (C=O) groups excluding carboxylic acids is 2. The van der Waals surface area contributed by atoms with Crippen molar-refractivity contribution in [1.82, 2.24) is 10.9 Å². The number of rotatable bonds is 5. The molecule has 1 aliphatic carbocycles. The zero-order chi connectivity index (χ0) is 15.9. The third kappa shape index (κ3) is 5.24. The zero-order valence-electron chi connectivity index (χ0n) is 13.0. The van der Waals surface area contributed by atoms with Crippen LogP contribution in [0.3, 0.4) is 0 Å². The first-order valence-electron chi connectivity index (χ1n) is 7.48. The van der Waals surface area contributed by atoms with E-state index in [2.05, 4.69) is 16.9 Å². The van der Waals surface area contributed by atoms with Crippen LogP contribution in [-0.2, 0) is 9.59 Å². The van der Waals surface area contributed by atoms with Gasteiger partial charge in [0.05, 0.1) is 0 Å². The van der Waals surface area contributed by atoms with E-state index in [0.29, 0.717) is 12.2 Å². The van der Waals surface area contributed by atoms with Crippen LogP contribution in [0.2, 0.25) is 0 Å². The summed E-state index contributed by atoms with van der Waals surface area (Å²) in [6.07, 6.45) is 6.54. The van der Waals surface area contributed by atoms with Crippen LogP contribution in [0.4, 0.5) is 0 Å². The zero-order valence-corrected chi connectivity index (χ0v) is 13.0. The predicted octanol–water partition coefficient (Wildman–Crippen LogP) is 2.19. The van der Waals surface area contributed by atoms with E-state index in [1.54, 1.807) is 0 Å². The van der Waals surface area contributed by atoms with Crippen LogP contribution in [-0.4, -0.2) is 18.4 Å². The molecule has 0 saturated heterocycles. The Kier molecular flexibility index (Phi) is 5.58. The first-order valence-corrected chi connectivity index (χ1v) is 7.48. The quantitative estimate of drug-likeness (QED) is 0.647. The maximum Gasteiger partial charge on any atom is 0.276 e. The largest absolute Gasteiger partial charge is 0.484 e. The van der Waals surface area contributed by atoms with Crippen molar-refractivity contribution in [2.75, 3.05) is 6.61 Å². The fourth-order valence-electron chi connectivity index (χ4n) is 2.50. The van der Waals surface area contributed by atoms with Crippen LogP contribution in [0.25, 0.3) is 0 Å². The van der Waals surface area contributed by atoms with Crippen molar-refractivity contribution in [3.8, 4) is 5.75 Å². The molecule has 2 rings (SSSR count). The van der Waals surface area contributed by atoms with Crippen LogP contribution >= 0.6 is 0 Å². The van der Waals surface area contributed by atoms with Gasteiger partial charge in [-0.2, -0.15) is 0 Å². The van der Waals surface area contributed by atoms with Crippen molar-refractivity contribution < 1.29 is 14.3 Å². The molecule has 2 amide bonds. The van der Waals surface area contributed by atoms with Crippen LogP contribution in [0.1, 0.15) is 30.4 Å². The van der Waals surface area contributed by atoms with Gasteiger partial charge in [-0.05, 0) is 55.9 Å². The Balaban J connectivity index is 1.69. The second kappa shape index (κ2) is 7.64. The third-order valence-corrected chi connectivity index (χ3v) is 3.47. The van der Waals surface area contributed by atoms with Crippen LogP contribution in [0.5, 0.6) is 5.75 Å². The fraction of sp³-hybridized carbons (Fsp3) is 0.412. The van der Waals surface area contributed by atoms with Gasteiger partial charge in [0.2, 0.25) is 5.91 Å². The molecule has 0 heterocycles. The average Bonchev–Trinajstić information content (AvgIpc) is 2.95. The minimum absolute atomic E-state index is 0.132. The molecule has 5 nitrogen and oxygen atoms in total. The summed E-state index contributed by atoms with van der Waals surface area (Å²) in [6.45, 7) is 3.81. The normalized spacial score (nSPS) is 16.4. The summed E-state index contributed by atoms with van der Waals surface area (Å²) in [5, 5.41) is 0. The highest BCUT2D eigenvalue weighted by Gasteiger charge is 2.14. The van der Waals surface area contributed by atoms with Crippen molar-refractivity contribution in [1.29, 1.82) is 0 Å². The first kappa shape index (κ1) is 16.1. The minimum atomic E-state index is -0.380. The molecular formula is C17H22N2O3. The minimum Gasteiger partial charge on any atom is -0.484 e. The monoisotopic (exact) mass is 302 g/mol. The second-order valence-corrected chi connectivity index (χ2v) is 5.68. The molecule has 0 bridgehead atoms. The molecule has 0 saturated carbocycles. The molecule has 0 unspecified atom stereocenters. The molecule has 1 atom stereocenters. The van der Waals surface area contributed by atoms with E-state index in [1.165, 1.54) is 0 Å². The lowest BCUT2D eigenvalue weighted by atomic mass is 10.1. The summed E-state index contributed by atoms with van der Waals surface area (Å²) in [5.74, 6) is 0.365. The van der Waals surface area contributed by atoms with Gasteiger partial charge in [-0.15, -0.1) is 0 Å². The SMILES string of the molecule is Cc1cc(C)cc(OCC(=O)NNC(=O)C[C@@H]2C=CCC2)c1. The topological polar surface area (TPSA) is 67.4 Å². The molecule has 118 valence electrons. The Labute approximate surface area is 130 Å². The van der Waals surface area contributed by atoms with Crippen molar-refractivity contribution in [2.24, 2.45) is 5.92 Å². The summed E-state index contributed by atoms with van der Waals surface area (Å²) in [6, 6.07) is 5.77. The third-order valence-electron chi connectivity index (χ3n) is 3.47. The number of nitrogens with one attached hydrogen (secondary N) is 2. The number of aryl methyl sites for hydroxylation is 2. The van der Waals surface area contributed by atoms with E-state index in [9.17, 15) is 9.59 Å². The van der Waals surface area contributed by atoms with E-state index in [4.69, 9.17) is 4.74 Å². The maximum absolute atomic E-state index is 11.7. The number of hydrogen-bond donors (Lipinski definition) is 2. The molecule has 0 spiro atoms. The lowest BCUT2D eigenvalue weighted by Crippen LogP contribution is -2.44. The highest BCUT2D eigenvalue weighted by Crippen LogP contribution is 2.19. The van der Waals surface area contributed by atoms with Crippen molar-refractivity contribution in [2.45, 2.75) is 33.1 Å². The van der Waals surface area contributed by atoms with Crippen molar-refractivity contribution >= 4 is 11.8 Å². The Morgan fingerprint density at radius 1 is 1.14 bits per heavy atom. The summed E-state index contributed by atoms with van der Waals surface area (Å²) in [5.41, 5.74) is 6.94. The highest BCUT2D eigenvalue weighted by atomic mass is 16.5. The van der Waals surface area contributed by atoms with Gasteiger partial charge in [0.1, 0.15) is 5.75 Å². The lowest BCUT2D eigenvalue weighted by Gasteiger charge is -2.11. The van der Waals surface area contributed by atoms with Crippen LogP contribution < -0.4 is 15.6 Å². The predicted molar refractivity (Wildman–Crippen MR) is 84.2 cm³/mol. The van der Waals surface area contributed by atoms with Gasteiger partial charge in [0.25, 0.3) is 5.91 Å². The number of benzene rings is 1. The number of allylic oxidation sites excluding steroid dienone is 2. The number of ether oxygens (including phenoxy) is 1. The Bertz CT molecular complexity index is 561. The van der Waals surface area contributed by atoms with Crippen LogP contribution in [0.15, 0.2) is 30.4 Å². The van der Waals surface area contributed by atoms with E-state index in [-0.39, 0.29) is 24.3 Å². The van der Waals surface area contributed by atoms with Gasteiger partial charge < -0.3 is 4.74 Å². The summed E-state index contributed by atoms with van der Waals surface area (Å²) in [7, 11) is 0. The summed E-state index contributed by atoms with van der Waals surface area (Å²) < 4.78 is 5.42. The maximum atomic E-state index is 11.7. The number of hydrogen-bond acceptors (Lipinski definition) is 3. The van der Waals surface area contributed by atoms with Gasteiger partial charge in [-0.25, -0.2) is 0 Å². The standard InChI is InChI=1S/C17H22N2O3/c1-12-7-13(2)9-15(8-12)22-11-17(21)19-18-16(20)10-14-5-3-4-6-14/h3,5,7-9,14H,4,6,10-11H2,1-2H3,(H,18,20)(H,19,21)/t14-/m1/s1. The van der Waals surface area contributed by atoms with E-state index in [1.807, 2.05) is 38.1 Å². The Morgan fingerprint density at radius 3 is 2.45 bits per heavy atom. The van der Waals surface area contributed by atoms with Gasteiger partial charge in [-0.1, -0.05) is 18.2 Å². The Morgan fingerprint density at radius 2 is 1.82 bits per heavy atom. The molecular weight excluding hydrogens is 280 g/mol. The van der Waals surface area contributed by atoms with Gasteiger partial charge in [0.15, 0.2) is 6.61 Å². The second-order valence-electron chi connectivity index (χ2n) is 5.68. The molecule has 0 aromatic heterocycles. The number of amides is 2. The molecule has 22 heavy (non-hydrogen) atoms. The molecule has 1 aromatic carbocycles. The van der Waals surface area contributed by atoms with Gasteiger partial charge >= 0.3 is 0 Å². The Hall–Kier alpha value is -2.30. The average molecular weight is 302 g/mol. The fourth-order valence-corrected chi connectivity index (χ4v) is 2.50. The molecule has 0 radical (unpaired) electrons. The van der Waals surface area contributed by atoms with E-state index in [0.717, 1.165) is 24.0 Å². The molecule has 5 heteroatoms. The van der Waals surface area contributed by atoms with E-state index >= 15 is 0 Å². The van der Waals surface area contributed by atoms with Crippen LogP contribution in [0, 0.1) is 19.8 Å². The smallest absolute Gasteiger partial charge is 0.276 e. The van der Waals surface area contributed by atoms with Gasteiger partial charge in [-0.3, -0.25) is 20.4 Å².